The first-order valence-electron chi connectivity index (χ1n) is 23.1. The van der Waals surface area contributed by atoms with E-state index in [1.54, 1.807) is 13.0 Å². The highest BCUT2D eigenvalue weighted by atomic mass is 79.9. The van der Waals surface area contributed by atoms with Crippen molar-refractivity contribution in [1.29, 1.82) is 0 Å². The number of nitrogens with one attached hydrogen (secondary N) is 1. The second kappa shape index (κ2) is 28.4. The van der Waals surface area contributed by atoms with Gasteiger partial charge in [0.1, 0.15) is 30.5 Å². The van der Waals surface area contributed by atoms with Crippen LogP contribution in [0.25, 0.3) is 10.9 Å². The molecule has 2 heterocycles. The molecule has 1 aromatic heterocycles. The van der Waals surface area contributed by atoms with Gasteiger partial charge in [0.2, 0.25) is 12.2 Å². The average Bonchev–Trinajstić information content (AvgIpc) is 3.80. The molecule has 0 radical (unpaired) electrons. The van der Waals surface area contributed by atoms with E-state index in [-0.39, 0.29) is 76.2 Å². The largest absolute Gasteiger partial charge is 0.499 e. The van der Waals surface area contributed by atoms with Crippen LogP contribution in [0, 0.1) is 35.5 Å². The van der Waals surface area contributed by atoms with Gasteiger partial charge in [-0.2, -0.15) is 0 Å². The number of hydrogen-bond donors (Lipinski definition) is 1. The van der Waals surface area contributed by atoms with E-state index in [0.717, 1.165) is 25.7 Å². The number of esters is 3. The minimum atomic E-state index is -1.10. The number of nitrogens with zero attached hydrogens (tertiary/aromatic N) is 1. The lowest BCUT2D eigenvalue weighted by Crippen LogP contribution is -2.58. The standard InChI is InChI=1S/C48H64Br2N2O17/c1-29-43(66-32(4)54)46(67-33(5)55)44(30(2)58-6)69-47(29)68-39-27-52(31(3)53)38-26-37(49)45(42(50)41(38)39)63-24-22-61-20-21-62-23-25-64-48(57)51-15-17-60-19-18-59-16-11-14-40(56)65-28-36-34-12-9-7-8-10-13-35(34)36/h26-27,29,34-36,43-44,46-47H,2,9-25,28H2,1,3-6H3,(H,51,57)/t29-,34-,35+,36?,43-,44-,46+,47-/m1/s1. The summed E-state index contributed by atoms with van der Waals surface area (Å²) in [6, 6.07) is 1.72. The Kier molecular flexibility index (Phi) is 22.9. The molecule has 1 aromatic carbocycles. The maximum absolute atomic E-state index is 12.8. The van der Waals surface area contributed by atoms with Crippen molar-refractivity contribution < 1.29 is 80.8 Å². The average molecular weight is 1100 g/mol. The molecule has 1 N–H and O–H groups in total. The molecule has 21 heteroatoms. The zero-order valence-corrected chi connectivity index (χ0v) is 43.0. The number of methoxy groups -OCH3 is 1. The van der Waals surface area contributed by atoms with Crippen molar-refractivity contribution >= 4 is 72.7 Å². The molecule has 2 fully saturated rings. The van der Waals surface area contributed by atoms with Crippen LogP contribution >= 0.6 is 31.9 Å². The van der Waals surface area contributed by atoms with Gasteiger partial charge in [0, 0.05) is 53.2 Å². The van der Waals surface area contributed by atoms with Crippen molar-refractivity contribution in [2.75, 3.05) is 86.3 Å². The van der Waals surface area contributed by atoms with Crippen LogP contribution in [0.4, 0.5) is 4.79 Å². The number of benzene rings is 1. The third-order valence-corrected chi connectivity index (χ3v) is 13.0. The molecule has 1 aliphatic heterocycles. The van der Waals surface area contributed by atoms with E-state index in [4.69, 9.17) is 56.8 Å². The smallest absolute Gasteiger partial charge is 0.407 e. The van der Waals surface area contributed by atoms with Crippen LogP contribution in [0.5, 0.6) is 11.5 Å². The fourth-order valence-electron chi connectivity index (χ4n) is 8.22. The monoisotopic (exact) mass is 1100 g/mol. The summed E-state index contributed by atoms with van der Waals surface area (Å²) in [5, 5.41) is 3.09. The summed E-state index contributed by atoms with van der Waals surface area (Å²) in [4.78, 5) is 61.2. The minimum Gasteiger partial charge on any atom is -0.499 e. The summed E-state index contributed by atoms with van der Waals surface area (Å²) in [6.07, 6.45) is 1.69. The van der Waals surface area contributed by atoms with Crippen LogP contribution in [0.1, 0.15) is 71.0 Å². The first kappa shape index (κ1) is 55.5. The summed E-state index contributed by atoms with van der Waals surface area (Å²) in [6.45, 7) is 12.8. The van der Waals surface area contributed by atoms with Crippen molar-refractivity contribution in [1.82, 2.24) is 9.88 Å². The summed E-state index contributed by atoms with van der Waals surface area (Å²) in [5.41, 5.74) is 0.493. The summed E-state index contributed by atoms with van der Waals surface area (Å²) >= 11 is 7.20. The van der Waals surface area contributed by atoms with Crippen LogP contribution in [-0.4, -0.2) is 145 Å². The fraction of sp³-hybridized carbons (Fsp3) is 0.646. The van der Waals surface area contributed by atoms with Gasteiger partial charge in [0.05, 0.1) is 91.9 Å². The molecule has 1 amide bonds. The van der Waals surface area contributed by atoms with Gasteiger partial charge < -0.3 is 62.2 Å². The number of aromatic nitrogens is 1. The molecule has 8 atom stereocenters. The Labute approximate surface area is 419 Å². The number of hydrogen-bond acceptors (Lipinski definition) is 17. The molecule has 0 spiro atoms. The number of carbonyl (C=O) groups excluding carboxylic acids is 5. The van der Waals surface area contributed by atoms with Gasteiger partial charge in [-0.25, -0.2) is 4.79 Å². The zero-order valence-electron chi connectivity index (χ0n) is 39.9. The number of ether oxygens (including phenoxy) is 12. The van der Waals surface area contributed by atoms with Crippen LogP contribution in [0.2, 0.25) is 0 Å². The highest BCUT2D eigenvalue weighted by molar-refractivity contribution is 9.11. The van der Waals surface area contributed by atoms with Crippen LogP contribution in [0.3, 0.4) is 0 Å². The summed E-state index contributed by atoms with van der Waals surface area (Å²) < 4.78 is 70.6. The van der Waals surface area contributed by atoms with Crippen molar-refractivity contribution in [2.24, 2.45) is 23.7 Å². The number of halogens is 2. The molecule has 382 valence electrons. The van der Waals surface area contributed by atoms with Crippen LogP contribution in [0.15, 0.2) is 33.5 Å². The predicted octanol–water partition coefficient (Wildman–Crippen LogP) is 6.52. The molecule has 1 unspecified atom stereocenters. The molecule has 1 saturated carbocycles. The highest BCUT2D eigenvalue weighted by Crippen LogP contribution is 2.52. The number of alkyl carbamates (subject to hydrolysis) is 1. The summed E-state index contributed by atoms with van der Waals surface area (Å²) in [7, 11) is 1.38. The van der Waals surface area contributed by atoms with Gasteiger partial charge in [0.15, 0.2) is 18.3 Å². The Bertz CT molecular complexity index is 2120. The molecular weight excluding hydrogens is 1040 g/mol. The van der Waals surface area contributed by atoms with E-state index in [2.05, 4.69) is 55.6 Å². The van der Waals surface area contributed by atoms with Crippen molar-refractivity contribution in [3.05, 3.63) is 33.5 Å². The van der Waals surface area contributed by atoms with E-state index in [1.165, 1.54) is 38.6 Å². The van der Waals surface area contributed by atoms with Gasteiger partial charge in [-0.1, -0.05) is 13.5 Å². The molecule has 1 saturated heterocycles. The first-order valence-corrected chi connectivity index (χ1v) is 24.7. The number of amides is 1. The number of fused-ring (bicyclic) bond motifs is 2. The maximum atomic E-state index is 12.8. The van der Waals surface area contributed by atoms with Gasteiger partial charge in [-0.05, 0) is 74.9 Å². The van der Waals surface area contributed by atoms with Crippen molar-refractivity contribution in [3.8, 4) is 23.3 Å². The molecule has 69 heavy (non-hydrogen) atoms. The van der Waals surface area contributed by atoms with Gasteiger partial charge in [0.25, 0.3) is 0 Å². The first-order chi connectivity index (χ1) is 33.2. The molecule has 5 rings (SSSR count). The molecular formula is C48H64Br2N2O17. The maximum Gasteiger partial charge on any atom is 0.407 e. The van der Waals surface area contributed by atoms with E-state index in [0.29, 0.717) is 82.6 Å². The second-order valence-electron chi connectivity index (χ2n) is 16.6. The third kappa shape index (κ3) is 16.9. The quantitative estimate of drug-likeness (QED) is 0.0316. The minimum absolute atomic E-state index is 0.0478. The molecule has 19 nitrogen and oxygen atoms in total. The topological polar surface area (TPSA) is 213 Å². The Balaban J connectivity index is 0.932. The lowest BCUT2D eigenvalue weighted by Gasteiger charge is -2.44. The van der Waals surface area contributed by atoms with Crippen molar-refractivity contribution in [2.45, 2.75) is 90.8 Å². The Morgan fingerprint density at radius 1 is 0.826 bits per heavy atom. The Hall–Kier alpha value is -4.43. The second-order valence-corrected chi connectivity index (χ2v) is 18.2. The Morgan fingerprint density at radius 2 is 1.43 bits per heavy atom. The molecule has 2 aliphatic carbocycles. The van der Waals surface area contributed by atoms with E-state index in [1.807, 2.05) is 0 Å². The summed E-state index contributed by atoms with van der Waals surface area (Å²) in [5.74, 6) is 6.57. The Morgan fingerprint density at radius 3 is 2.07 bits per heavy atom. The van der Waals surface area contributed by atoms with E-state index in [9.17, 15) is 24.0 Å². The lowest BCUT2D eigenvalue weighted by molar-refractivity contribution is -0.257. The van der Waals surface area contributed by atoms with Crippen LogP contribution in [-0.2, 0) is 61.8 Å². The highest BCUT2D eigenvalue weighted by Gasteiger charge is 2.51. The number of rotatable bonds is 28. The van der Waals surface area contributed by atoms with E-state index < -0.39 is 48.6 Å². The number of carbonyl (C=O) groups is 5. The van der Waals surface area contributed by atoms with E-state index >= 15 is 0 Å². The lowest BCUT2D eigenvalue weighted by atomic mass is 9.91. The van der Waals surface area contributed by atoms with Gasteiger partial charge in [-0.15, -0.1) is 11.8 Å². The normalized spacial score (nSPS) is 22.7. The third-order valence-electron chi connectivity index (χ3n) is 11.7. The predicted molar refractivity (Wildman–Crippen MR) is 254 cm³/mol. The SMILES string of the molecule is C=C(OC)[C@H]1O[C@@H](Oc2cn(C(C)=O)c3cc(Br)c(OCCOCCOCCOC(=O)NCCOCCOCCCC(=O)OCC4[C@H]5CCC#CCC[C@@H]45)c(Br)c23)[C@H](C)[C@@H](OC(C)=O)[C@@H]1OC(C)=O. The molecule has 2 aromatic rings. The fourth-order valence-corrected chi connectivity index (χ4v) is 9.74. The molecule has 3 aliphatic rings. The zero-order chi connectivity index (χ0) is 49.9. The van der Waals surface area contributed by atoms with Gasteiger partial charge in [-0.3, -0.25) is 23.7 Å². The van der Waals surface area contributed by atoms with Crippen LogP contribution < -0.4 is 14.8 Å². The van der Waals surface area contributed by atoms with Gasteiger partial charge >= 0.3 is 24.0 Å². The van der Waals surface area contributed by atoms with Crippen molar-refractivity contribution in [3.63, 3.8) is 0 Å². The molecule has 0 bridgehead atoms.